The second-order valence-corrected chi connectivity index (χ2v) is 8.22. The van der Waals surface area contributed by atoms with Crippen molar-refractivity contribution in [1.29, 1.82) is 0 Å². The van der Waals surface area contributed by atoms with Gasteiger partial charge < -0.3 is 9.80 Å². The monoisotopic (exact) mass is 427 g/mol. The van der Waals surface area contributed by atoms with E-state index in [4.69, 9.17) is 0 Å². The van der Waals surface area contributed by atoms with Crippen molar-refractivity contribution in [2.24, 2.45) is 0 Å². The van der Waals surface area contributed by atoms with Crippen LogP contribution in [0.1, 0.15) is 25.8 Å². The van der Waals surface area contributed by atoms with E-state index in [2.05, 4.69) is 28.6 Å². The van der Waals surface area contributed by atoms with Crippen LogP contribution in [0.5, 0.6) is 0 Å². The fraction of sp³-hybridized carbons (Fsp3) is 0.714. The fourth-order valence-electron chi connectivity index (χ4n) is 4.15. The Bertz CT molecular complexity index is 698. The Morgan fingerprint density at radius 2 is 1.77 bits per heavy atom. The van der Waals surface area contributed by atoms with Crippen LogP contribution >= 0.6 is 0 Å². The highest BCUT2D eigenvalue weighted by molar-refractivity contribution is 5.78. The van der Waals surface area contributed by atoms with Gasteiger partial charge in [-0.05, 0) is 19.4 Å². The molecule has 3 heterocycles. The Hall–Kier alpha value is -1.87. The largest absolute Gasteiger partial charge is 0.393 e. The molecule has 3 rings (SSSR count). The van der Waals surface area contributed by atoms with Gasteiger partial charge in [-0.3, -0.25) is 14.6 Å². The van der Waals surface area contributed by atoms with Gasteiger partial charge in [0.05, 0.1) is 13.0 Å². The number of hydrogen-bond donors (Lipinski definition) is 0. The van der Waals surface area contributed by atoms with E-state index in [1.807, 2.05) is 9.80 Å². The van der Waals surface area contributed by atoms with Crippen molar-refractivity contribution in [3.8, 4) is 0 Å². The summed E-state index contributed by atoms with van der Waals surface area (Å²) < 4.78 is 38.6. The first-order valence-corrected chi connectivity index (χ1v) is 10.8. The van der Waals surface area contributed by atoms with Crippen LogP contribution in [0.3, 0.4) is 0 Å². The predicted molar refractivity (Wildman–Crippen MR) is 111 cm³/mol. The van der Waals surface area contributed by atoms with Gasteiger partial charge in [0.15, 0.2) is 0 Å². The first kappa shape index (κ1) is 22.8. The summed E-state index contributed by atoms with van der Waals surface area (Å²) in [6, 6.07) is 3.58. The highest BCUT2D eigenvalue weighted by Gasteiger charge is 2.31. The Morgan fingerprint density at radius 3 is 2.37 bits per heavy atom. The lowest BCUT2D eigenvalue weighted by atomic mass is 10.1. The number of carbonyl (C=O) groups is 1. The minimum Gasteiger partial charge on any atom is -0.354 e. The first-order valence-electron chi connectivity index (χ1n) is 10.8. The van der Waals surface area contributed by atoms with E-state index in [9.17, 15) is 18.0 Å². The summed E-state index contributed by atoms with van der Waals surface area (Å²) in [5, 5.41) is 0. The number of hydrogen-bond acceptors (Lipinski definition) is 5. The smallest absolute Gasteiger partial charge is 0.354 e. The average Bonchev–Trinajstić information content (AvgIpc) is 2.73. The van der Waals surface area contributed by atoms with E-state index in [0.717, 1.165) is 32.6 Å². The Balaban J connectivity index is 1.48. The number of halogens is 3. The fourth-order valence-corrected chi connectivity index (χ4v) is 4.15. The van der Waals surface area contributed by atoms with E-state index < -0.39 is 12.6 Å². The average molecular weight is 428 g/mol. The number of alkyl halides is 3. The Morgan fingerprint density at radius 1 is 1.10 bits per heavy atom. The van der Waals surface area contributed by atoms with Crippen LogP contribution in [0, 0.1) is 0 Å². The molecule has 2 aliphatic heterocycles. The van der Waals surface area contributed by atoms with Crippen molar-refractivity contribution >= 4 is 11.7 Å². The second-order valence-electron chi connectivity index (χ2n) is 8.22. The normalized spacial score (nSPS) is 20.4. The Kier molecular flexibility index (Phi) is 7.57. The van der Waals surface area contributed by atoms with Crippen LogP contribution in [0.25, 0.3) is 0 Å². The molecule has 0 aliphatic carbocycles. The van der Waals surface area contributed by atoms with Crippen LogP contribution in [-0.4, -0.2) is 96.7 Å². The maximum absolute atomic E-state index is 12.9. The molecule has 0 spiro atoms. The van der Waals surface area contributed by atoms with Gasteiger partial charge in [0.25, 0.3) is 0 Å². The van der Waals surface area contributed by atoms with Crippen molar-refractivity contribution in [2.45, 2.75) is 38.9 Å². The predicted octanol–water partition coefficient (Wildman–Crippen LogP) is 2.25. The molecule has 1 aromatic rings. The lowest BCUT2D eigenvalue weighted by Gasteiger charge is -2.40. The zero-order valence-electron chi connectivity index (χ0n) is 17.9. The molecule has 2 aliphatic rings. The second kappa shape index (κ2) is 9.96. The first-order chi connectivity index (χ1) is 14.3. The summed E-state index contributed by atoms with van der Waals surface area (Å²) in [7, 11) is 0. The van der Waals surface area contributed by atoms with Crippen LogP contribution < -0.4 is 4.90 Å². The molecule has 2 fully saturated rings. The van der Waals surface area contributed by atoms with Gasteiger partial charge in [-0.15, -0.1) is 0 Å². The van der Waals surface area contributed by atoms with Gasteiger partial charge in [-0.1, -0.05) is 13.0 Å². The molecule has 6 nitrogen and oxygen atoms in total. The van der Waals surface area contributed by atoms with Gasteiger partial charge in [0.1, 0.15) is 5.82 Å². The molecule has 9 heteroatoms. The summed E-state index contributed by atoms with van der Waals surface area (Å²) in [4.78, 5) is 25.2. The van der Waals surface area contributed by atoms with Gasteiger partial charge in [0, 0.05) is 70.2 Å². The molecule has 2 saturated heterocycles. The molecule has 1 unspecified atom stereocenters. The molecule has 0 aromatic carbocycles. The number of nitrogens with zero attached hydrogens (tertiary/aromatic N) is 5. The molecule has 1 aromatic heterocycles. The van der Waals surface area contributed by atoms with Gasteiger partial charge in [-0.2, -0.15) is 13.2 Å². The number of rotatable bonds is 6. The van der Waals surface area contributed by atoms with E-state index in [1.54, 1.807) is 6.07 Å². The summed E-state index contributed by atoms with van der Waals surface area (Å²) in [6.07, 6.45) is -2.59. The number of pyridine rings is 1. The molecule has 0 saturated carbocycles. The lowest BCUT2D eigenvalue weighted by molar-refractivity contribution is -0.134. The van der Waals surface area contributed by atoms with Gasteiger partial charge >= 0.3 is 6.18 Å². The topological polar surface area (TPSA) is 42.9 Å². The molecule has 30 heavy (non-hydrogen) atoms. The molecule has 0 N–H and O–H groups in total. The number of aromatic nitrogens is 1. The highest BCUT2D eigenvalue weighted by atomic mass is 19.4. The van der Waals surface area contributed by atoms with Crippen LogP contribution in [0.15, 0.2) is 18.3 Å². The van der Waals surface area contributed by atoms with Crippen LogP contribution in [0.4, 0.5) is 19.0 Å². The molecule has 1 amide bonds. The van der Waals surface area contributed by atoms with Crippen molar-refractivity contribution in [3.05, 3.63) is 23.9 Å². The number of carbonyl (C=O) groups excluding carboxylic acids is 1. The molecular weight excluding hydrogens is 395 g/mol. The van der Waals surface area contributed by atoms with Crippen LogP contribution in [-0.2, 0) is 11.2 Å². The third-order valence-corrected chi connectivity index (χ3v) is 6.17. The van der Waals surface area contributed by atoms with E-state index in [-0.39, 0.29) is 11.5 Å². The zero-order chi connectivity index (χ0) is 21.7. The van der Waals surface area contributed by atoms with Gasteiger partial charge in [0.2, 0.25) is 5.91 Å². The minimum absolute atomic E-state index is 0.142. The third kappa shape index (κ3) is 6.07. The molecule has 0 bridgehead atoms. The van der Waals surface area contributed by atoms with E-state index in [0.29, 0.717) is 44.6 Å². The van der Waals surface area contributed by atoms with Crippen LogP contribution in [0.2, 0.25) is 0 Å². The maximum atomic E-state index is 12.9. The highest BCUT2D eigenvalue weighted by Crippen LogP contribution is 2.27. The van der Waals surface area contributed by atoms with E-state index >= 15 is 0 Å². The zero-order valence-corrected chi connectivity index (χ0v) is 17.9. The van der Waals surface area contributed by atoms with Crippen molar-refractivity contribution in [2.75, 3.05) is 63.8 Å². The SMILES string of the molecule is CCC(C)N1CCN(C(=O)CN2CCN(c3ncccc3CC(F)(F)F)CC2)CC1. The standard InChI is InChI=1S/C21H32F3N5O/c1-3-17(2)27-11-13-28(14-12-27)19(30)16-26-7-9-29(10-8-26)20-18(5-4-6-25-20)15-21(22,23)24/h4-6,17H,3,7-16H2,1-2H3. The molecular formula is C21H32F3N5O. The van der Waals surface area contributed by atoms with Crippen molar-refractivity contribution < 1.29 is 18.0 Å². The van der Waals surface area contributed by atoms with Crippen molar-refractivity contribution in [3.63, 3.8) is 0 Å². The molecule has 168 valence electrons. The molecule has 0 radical (unpaired) electrons. The summed E-state index contributed by atoms with van der Waals surface area (Å²) >= 11 is 0. The third-order valence-electron chi connectivity index (χ3n) is 6.17. The van der Waals surface area contributed by atoms with Gasteiger partial charge in [-0.25, -0.2) is 4.98 Å². The summed E-state index contributed by atoms with van der Waals surface area (Å²) in [5.41, 5.74) is 0.203. The minimum atomic E-state index is -4.26. The number of piperazine rings is 2. The van der Waals surface area contributed by atoms with E-state index in [1.165, 1.54) is 12.3 Å². The quantitative estimate of drug-likeness (QED) is 0.697. The number of anilines is 1. The summed E-state index contributed by atoms with van der Waals surface area (Å²) in [5.74, 6) is 0.546. The maximum Gasteiger partial charge on any atom is 0.393 e. The lowest BCUT2D eigenvalue weighted by Crippen LogP contribution is -2.55. The Labute approximate surface area is 176 Å². The summed E-state index contributed by atoms with van der Waals surface area (Å²) in [6.45, 7) is 10.5. The molecule has 1 atom stereocenters. The van der Waals surface area contributed by atoms with Crippen molar-refractivity contribution in [1.82, 2.24) is 19.7 Å². The number of amides is 1.